The Morgan fingerprint density at radius 2 is 1.67 bits per heavy atom. The molecule has 0 radical (unpaired) electrons. The van der Waals surface area contributed by atoms with Crippen LogP contribution in [0.3, 0.4) is 0 Å². The molecule has 0 atom stereocenters. The number of rotatable bonds is 0. The maximum absolute atomic E-state index is 13.3. The van der Waals surface area contributed by atoms with Gasteiger partial charge < -0.3 is 14.2 Å². The topological polar surface area (TPSA) is 57.7 Å². The lowest BCUT2D eigenvalue weighted by molar-refractivity contribution is 0.103. The second kappa shape index (κ2) is 5.46. The van der Waals surface area contributed by atoms with E-state index in [0.29, 0.717) is 34.1 Å². The highest BCUT2D eigenvalue weighted by Gasteiger charge is 2.27. The van der Waals surface area contributed by atoms with Crippen molar-refractivity contribution in [1.29, 1.82) is 0 Å². The number of ether oxygens (including phenoxy) is 3. The third kappa shape index (κ3) is 2.53. The first-order chi connectivity index (χ1) is 12.9. The molecule has 5 nitrogen and oxygen atoms in total. The zero-order valence-electron chi connectivity index (χ0n) is 15.5. The van der Waals surface area contributed by atoms with Crippen molar-refractivity contribution in [2.45, 2.75) is 32.8 Å². The molecule has 2 aliphatic heterocycles. The minimum atomic E-state index is -0.0596. The minimum absolute atomic E-state index is 0.0516. The number of nitrogens with zero attached hydrogens (tertiary/aromatic N) is 1. The van der Waals surface area contributed by atoms with Crippen LogP contribution in [0, 0.1) is 0 Å². The van der Waals surface area contributed by atoms with Crippen molar-refractivity contribution in [1.82, 2.24) is 4.98 Å². The number of aromatic nitrogens is 1. The summed E-state index contributed by atoms with van der Waals surface area (Å²) >= 11 is 0. The van der Waals surface area contributed by atoms with Gasteiger partial charge in [-0.05, 0) is 35.2 Å². The second-order valence-corrected chi connectivity index (χ2v) is 7.96. The Morgan fingerprint density at radius 3 is 2.44 bits per heavy atom. The van der Waals surface area contributed by atoms with Crippen LogP contribution in [0.25, 0.3) is 10.9 Å². The summed E-state index contributed by atoms with van der Waals surface area (Å²) in [6.45, 7) is 6.84. The van der Waals surface area contributed by atoms with Crippen LogP contribution in [0.4, 0.5) is 0 Å². The Hall–Kier alpha value is -3.08. The lowest BCUT2D eigenvalue weighted by Gasteiger charge is -2.20. The molecule has 2 aromatic carbocycles. The zero-order valence-corrected chi connectivity index (χ0v) is 15.5. The first-order valence-electron chi connectivity index (χ1n) is 8.95. The smallest absolute Gasteiger partial charge is 0.231 e. The average Bonchev–Trinajstić information content (AvgIpc) is 3.04. The number of benzene rings is 2. The lowest BCUT2D eigenvalue weighted by atomic mass is 9.85. The molecule has 0 bridgehead atoms. The van der Waals surface area contributed by atoms with Crippen LogP contribution in [0.2, 0.25) is 0 Å². The monoisotopic (exact) mass is 361 g/mol. The molecule has 2 aliphatic rings. The van der Waals surface area contributed by atoms with Crippen LogP contribution in [-0.2, 0) is 12.0 Å². The molecule has 0 saturated carbocycles. The van der Waals surface area contributed by atoms with E-state index in [1.807, 2.05) is 36.4 Å². The zero-order chi connectivity index (χ0) is 18.8. The van der Waals surface area contributed by atoms with E-state index in [9.17, 15) is 4.79 Å². The van der Waals surface area contributed by atoms with Gasteiger partial charge in [-0.2, -0.15) is 0 Å². The fourth-order valence-corrected chi connectivity index (χ4v) is 3.50. The molecule has 27 heavy (non-hydrogen) atoms. The number of carbonyl (C=O) groups excluding carboxylic acids is 1. The molecule has 1 aromatic heterocycles. The SMILES string of the molecule is CC(C)(C)c1ccc2c(c1)C(=O)c1cc3cc4c(cc3nc1CO2)OCO4. The third-order valence-corrected chi connectivity index (χ3v) is 5.09. The highest BCUT2D eigenvalue weighted by Crippen LogP contribution is 2.38. The molecule has 0 spiro atoms. The van der Waals surface area contributed by atoms with Gasteiger partial charge in [0.2, 0.25) is 6.79 Å². The van der Waals surface area contributed by atoms with Gasteiger partial charge in [0, 0.05) is 17.0 Å². The molecular formula is C22H19NO4. The van der Waals surface area contributed by atoms with Crippen molar-refractivity contribution in [2.24, 2.45) is 0 Å². The van der Waals surface area contributed by atoms with E-state index < -0.39 is 0 Å². The van der Waals surface area contributed by atoms with Gasteiger partial charge in [0.15, 0.2) is 17.3 Å². The number of ketones is 1. The number of carbonyl (C=O) groups is 1. The largest absolute Gasteiger partial charge is 0.486 e. The Kier molecular flexibility index (Phi) is 3.26. The Labute approximate surface area is 156 Å². The van der Waals surface area contributed by atoms with Gasteiger partial charge >= 0.3 is 0 Å². The first kappa shape index (κ1) is 16.1. The molecule has 0 fully saturated rings. The Morgan fingerprint density at radius 1 is 0.889 bits per heavy atom. The molecule has 0 unspecified atom stereocenters. The molecular weight excluding hydrogens is 342 g/mol. The molecule has 0 N–H and O–H groups in total. The highest BCUT2D eigenvalue weighted by molar-refractivity contribution is 6.13. The van der Waals surface area contributed by atoms with Gasteiger partial charge in [-0.3, -0.25) is 4.79 Å². The van der Waals surface area contributed by atoms with Gasteiger partial charge in [0.1, 0.15) is 12.4 Å². The molecule has 136 valence electrons. The fraction of sp³-hybridized carbons (Fsp3) is 0.273. The van der Waals surface area contributed by atoms with Crippen molar-refractivity contribution >= 4 is 16.7 Å². The van der Waals surface area contributed by atoms with Gasteiger partial charge in [0.05, 0.1) is 16.8 Å². The van der Waals surface area contributed by atoms with Crippen molar-refractivity contribution in [3.05, 3.63) is 58.8 Å². The summed E-state index contributed by atoms with van der Waals surface area (Å²) in [7, 11) is 0. The molecule has 3 heterocycles. The maximum Gasteiger partial charge on any atom is 0.231 e. The summed E-state index contributed by atoms with van der Waals surface area (Å²) in [5, 5.41) is 0.849. The lowest BCUT2D eigenvalue weighted by Crippen LogP contribution is -2.13. The van der Waals surface area contributed by atoms with Crippen molar-refractivity contribution < 1.29 is 19.0 Å². The molecule has 0 aliphatic carbocycles. The number of fused-ring (bicyclic) bond motifs is 4. The van der Waals surface area contributed by atoms with Crippen LogP contribution in [-0.4, -0.2) is 17.6 Å². The summed E-state index contributed by atoms with van der Waals surface area (Å²) in [6.07, 6.45) is 0. The quantitative estimate of drug-likeness (QED) is 0.595. The van der Waals surface area contributed by atoms with Crippen LogP contribution in [0.5, 0.6) is 17.2 Å². The van der Waals surface area contributed by atoms with Gasteiger partial charge in [0.25, 0.3) is 0 Å². The van der Waals surface area contributed by atoms with Crippen LogP contribution in [0.1, 0.15) is 48.0 Å². The molecule has 3 aromatic rings. The van der Waals surface area contributed by atoms with E-state index in [0.717, 1.165) is 16.5 Å². The van der Waals surface area contributed by atoms with Crippen molar-refractivity contribution in [2.75, 3.05) is 6.79 Å². The van der Waals surface area contributed by atoms with Crippen LogP contribution < -0.4 is 14.2 Å². The molecule has 0 amide bonds. The fourth-order valence-electron chi connectivity index (χ4n) is 3.50. The molecule has 5 heteroatoms. The first-order valence-corrected chi connectivity index (χ1v) is 8.95. The van der Waals surface area contributed by atoms with E-state index in [-0.39, 0.29) is 24.6 Å². The summed E-state index contributed by atoms with van der Waals surface area (Å²) in [6, 6.07) is 11.4. The van der Waals surface area contributed by atoms with E-state index in [1.54, 1.807) is 0 Å². The summed E-state index contributed by atoms with van der Waals surface area (Å²) in [5.74, 6) is 1.89. The van der Waals surface area contributed by atoms with Crippen LogP contribution >= 0.6 is 0 Å². The van der Waals surface area contributed by atoms with E-state index in [2.05, 4.69) is 25.8 Å². The number of hydrogen-bond donors (Lipinski definition) is 0. The average molecular weight is 361 g/mol. The number of pyridine rings is 1. The minimum Gasteiger partial charge on any atom is -0.486 e. The Balaban J connectivity index is 1.68. The highest BCUT2D eigenvalue weighted by atomic mass is 16.7. The predicted octanol–water partition coefficient (Wildman–Crippen LogP) is 4.38. The van der Waals surface area contributed by atoms with Crippen LogP contribution in [0.15, 0.2) is 36.4 Å². The van der Waals surface area contributed by atoms with E-state index in [4.69, 9.17) is 14.2 Å². The number of hydrogen-bond acceptors (Lipinski definition) is 5. The normalized spacial score (nSPS) is 15.1. The van der Waals surface area contributed by atoms with Crippen molar-refractivity contribution in [3.63, 3.8) is 0 Å². The molecule has 5 rings (SSSR count). The maximum atomic E-state index is 13.3. The molecule has 0 saturated heterocycles. The van der Waals surface area contributed by atoms with E-state index in [1.165, 1.54) is 0 Å². The standard InChI is InChI=1S/C22H19NO4/c1-22(2,3)13-4-5-18-15(8-13)21(24)14-6-12-7-19-20(27-11-26-19)9-16(12)23-17(14)10-25-18/h4-9H,10-11H2,1-3H3. The second-order valence-electron chi connectivity index (χ2n) is 7.96. The Bertz CT molecular complexity index is 1110. The summed E-state index contributed by atoms with van der Waals surface area (Å²) in [5.41, 5.74) is 3.60. The van der Waals surface area contributed by atoms with Crippen molar-refractivity contribution in [3.8, 4) is 17.2 Å². The van der Waals surface area contributed by atoms with Gasteiger partial charge in [-0.25, -0.2) is 4.98 Å². The summed E-state index contributed by atoms with van der Waals surface area (Å²) < 4.78 is 16.8. The van der Waals surface area contributed by atoms with E-state index >= 15 is 0 Å². The summed E-state index contributed by atoms with van der Waals surface area (Å²) in [4.78, 5) is 18.0. The van der Waals surface area contributed by atoms with Gasteiger partial charge in [-0.15, -0.1) is 0 Å². The van der Waals surface area contributed by atoms with Gasteiger partial charge in [-0.1, -0.05) is 26.8 Å². The predicted molar refractivity (Wildman–Crippen MR) is 101 cm³/mol. The third-order valence-electron chi connectivity index (χ3n) is 5.09.